The first kappa shape index (κ1) is 7.29. The van der Waals surface area contributed by atoms with Crippen LogP contribution in [0.4, 0.5) is 0 Å². The minimum Gasteiger partial charge on any atom is -0.338 e. The van der Waals surface area contributed by atoms with Crippen LogP contribution in [0, 0.1) is 6.57 Å². The van der Waals surface area contributed by atoms with Gasteiger partial charge in [0.2, 0.25) is 5.89 Å². The van der Waals surface area contributed by atoms with E-state index in [-0.39, 0.29) is 12.0 Å². The average molecular weight is 163 g/mol. The van der Waals surface area contributed by atoms with Crippen molar-refractivity contribution in [3.05, 3.63) is 23.1 Å². The predicted molar refractivity (Wildman–Crippen MR) is 41.2 cm³/mol. The van der Waals surface area contributed by atoms with Crippen molar-refractivity contribution < 1.29 is 4.52 Å². The molecular formula is C8H9N3O. The van der Waals surface area contributed by atoms with Crippen LogP contribution < -0.4 is 0 Å². The maximum atomic E-state index is 6.62. The van der Waals surface area contributed by atoms with E-state index < -0.39 is 0 Å². The van der Waals surface area contributed by atoms with Gasteiger partial charge in [-0.1, -0.05) is 12.1 Å². The highest BCUT2D eigenvalue weighted by molar-refractivity contribution is 5.12. The van der Waals surface area contributed by atoms with Gasteiger partial charge in [0, 0.05) is 5.41 Å². The third kappa shape index (κ3) is 1.07. The highest BCUT2D eigenvalue weighted by Crippen LogP contribution is 2.46. The fraction of sp³-hybridized carbons (Fsp3) is 0.625. The van der Waals surface area contributed by atoms with Crippen molar-refractivity contribution >= 4 is 0 Å². The number of aromatic nitrogens is 2. The molecule has 1 aromatic heterocycles. The molecule has 1 aliphatic carbocycles. The molecule has 1 aromatic rings. The molecule has 0 radical (unpaired) electrons. The van der Waals surface area contributed by atoms with Gasteiger partial charge in [-0.25, -0.2) is 6.57 Å². The zero-order valence-electron chi connectivity index (χ0n) is 6.87. The first-order valence-electron chi connectivity index (χ1n) is 3.91. The Balaban J connectivity index is 2.20. The molecule has 1 fully saturated rings. The van der Waals surface area contributed by atoms with Crippen molar-refractivity contribution in [3.63, 3.8) is 0 Å². The van der Waals surface area contributed by atoms with Crippen LogP contribution in [-0.4, -0.2) is 10.1 Å². The van der Waals surface area contributed by atoms with Crippen LogP contribution >= 0.6 is 0 Å². The lowest BCUT2D eigenvalue weighted by Gasteiger charge is -1.96. The molecule has 1 aliphatic rings. The van der Waals surface area contributed by atoms with Crippen LogP contribution in [0.1, 0.15) is 31.5 Å². The summed E-state index contributed by atoms with van der Waals surface area (Å²) in [7, 11) is 0. The minimum absolute atomic E-state index is 0.118. The first-order chi connectivity index (χ1) is 5.74. The molecular weight excluding hydrogens is 154 g/mol. The SMILES string of the molecule is [C-]#[N+]Cc1noc(C2(C)CC2)n1. The molecule has 0 aromatic carbocycles. The molecule has 1 saturated carbocycles. The van der Waals surface area contributed by atoms with Gasteiger partial charge in [0.25, 0.3) is 12.4 Å². The molecule has 0 N–H and O–H groups in total. The molecule has 0 aliphatic heterocycles. The largest absolute Gasteiger partial charge is 0.338 e. The monoisotopic (exact) mass is 163 g/mol. The predicted octanol–water partition coefficient (Wildman–Crippen LogP) is 1.54. The summed E-state index contributed by atoms with van der Waals surface area (Å²) in [5.41, 5.74) is 0.118. The zero-order chi connectivity index (χ0) is 8.60. The Labute approximate surface area is 70.4 Å². The first-order valence-corrected chi connectivity index (χ1v) is 3.91. The Morgan fingerprint density at radius 3 is 3.00 bits per heavy atom. The topological polar surface area (TPSA) is 43.3 Å². The Kier molecular flexibility index (Phi) is 1.40. The lowest BCUT2D eigenvalue weighted by Crippen LogP contribution is -1.99. The summed E-state index contributed by atoms with van der Waals surface area (Å²) in [6.07, 6.45) is 2.24. The molecule has 2 rings (SSSR count). The Hall–Kier alpha value is -1.37. The van der Waals surface area contributed by atoms with Gasteiger partial charge in [-0.05, 0) is 12.8 Å². The van der Waals surface area contributed by atoms with E-state index >= 15 is 0 Å². The van der Waals surface area contributed by atoms with Crippen molar-refractivity contribution in [1.29, 1.82) is 0 Å². The Bertz CT molecular complexity index is 332. The van der Waals surface area contributed by atoms with Crippen molar-refractivity contribution in [1.82, 2.24) is 10.1 Å². The Morgan fingerprint density at radius 1 is 1.67 bits per heavy atom. The maximum Gasteiger partial charge on any atom is 0.276 e. The highest BCUT2D eigenvalue weighted by Gasteiger charge is 2.44. The maximum absolute atomic E-state index is 6.62. The minimum atomic E-state index is 0.118. The van der Waals surface area contributed by atoms with Crippen molar-refractivity contribution in [2.75, 3.05) is 0 Å². The van der Waals surface area contributed by atoms with Gasteiger partial charge in [0.15, 0.2) is 0 Å². The molecule has 0 saturated heterocycles. The van der Waals surface area contributed by atoms with Crippen molar-refractivity contribution in [2.24, 2.45) is 0 Å². The van der Waals surface area contributed by atoms with E-state index in [4.69, 9.17) is 11.1 Å². The second kappa shape index (κ2) is 2.31. The van der Waals surface area contributed by atoms with Gasteiger partial charge < -0.3 is 9.37 Å². The van der Waals surface area contributed by atoms with Gasteiger partial charge >= 0.3 is 0 Å². The van der Waals surface area contributed by atoms with Crippen molar-refractivity contribution in [3.8, 4) is 0 Å². The molecule has 0 atom stereocenters. The third-order valence-corrected chi connectivity index (χ3v) is 2.20. The quantitative estimate of drug-likeness (QED) is 0.621. The van der Waals surface area contributed by atoms with Gasteiger partial charge in [0.1, 0.15) is 0 Å². The van der Waals surface area contributed by atoms with Crippen LogP contribution in [0.3, 0.4) is 0 Å². The molecule has 62 valence electrons. The highest BCUT2D eigenvalue weighted by atomic mass is 16.5. The second-order valence-electron chi connectivity index (χ2n) is 3.39. The molecule has 12 heavy (non-hydrogen) atoms. The van der Waals surface area contributed by atoms with Crippen LogP contribution in [-0.2, 0) is 12.0 Å². The van der Waals surface area contributed by atoms with Crippen LogP contribution in [0.5, 0.6) is 0 Å². The van der Waals surface area contributed by atoms with E-state index in [0.717, 1.165) is 12.8 Å². The lowest BCUT2D eigenvalue weighted by molar-refractivity contribution is 0.349. The molecule has 4 nitrogen and oxygen atoms in total. The summed E-state index contributed by atoms with van der Waals surface area (Å²) < 4.78 is 5.04. The fourth-order valence-corrected chi connectivity index (χ4v) is 1.04. The summed E-state index contributed by atoms with van der Waals surface area (Å²) in [6.45, 7) is 8.95. The molecule has 1 heterocycles. The number of rotatable bonds is 2. The van der Waals surface area contributed by atoms with E-state index in [9.17, 15) is 0 Å². The number of nitrogens with zero attached hydrogens (tertiary/aromatic N) is 3. The van der Waals surface area contributed by atoms with Gasteiger partial charge in [-0.2, -0.15) is 4.98 Å². The van der Waals surface area contributed by atoms with E-state index in [0.29, 0.717) is 11.7 Å². The summed E-state index contributed by atoms with van der Waals surface area (Å²) in [4.78, 5) is 7.33. The molecule has 0 amide bonds. The van der Waals surface area contributed by atoms with Crippen LogP contribution in [0.25, 0.3) is 4.85 Å². The van der Waals surface area contributed by atoms with Gasteiger partial charge in [0.05, 0.1) is 0 Å². The fourth-order valence-electron chi connectivity index (χ4n) is 1.04. The summed E-state index contributed by atoms with van der Waals surface area (Å²) in [5.74, 6) is 1.20. The van der Waals surface area contributed by atoms with E-state index in [2.05, 4.69) is 21.9 Å². The van der Waals surface area contributed by atoms with Crippen LogP contribution in [0.2, 0.25) is 0 Å². The van der Waals surface area contributed by atoms with Gasteiger partial charge in [-0.3, -0.25) is 0 Å². The van der Waals surface area contributed by atoms with E-state index in [1.54, 1.807) is 0 Å². The standard InChI is InChI=1S/C8H9N3O/c1-8(3-4-8)7-10-6(5-9-2)11-12-7/h3-5H2,1H3. The van der Waals surface area contributed by atoms with Gasteiger partial charge in [-0.15, -0.1) is 0 Å². The lowest BCUT2D eigenvalue weighted by atomic mass is 10.1. The number of hydrogen-bond donors (Lipinski definition) is 0. The smallest absolute Gasteiger partial charge is 0.276 e. The summed E-state index contributed by atoms with van der Waals surface area (Å²) >= 11 is 0. The summed E-state index contributed by atoms with van der Waals surface area (Å²) in [5, 5.41) is 3.71. The Morgan fingerprint density at radius 2 is 2.42 bits per heavy atom. The third-order valence-electron chi connectivity index (χ3n) is 2.20. The van der Waals surface area contributed by atoms with Crippen LogP contribution in [0.15, 0.2) is 4.52 Å². The molecule has 0 unspecified atom stereocenters. The zero-order valence-corrected chi connectivity index (χ0v) is 6.87. The van der Waals surface area contributed by atoms with E-state index in [1.165, 1.54) is 0 Å². The normalized spacial score (nSPS) is 18.7. The van der Waals surface area contributed by atoms with Crippen molar-refractivity contribution in [2.45, 2.75) is 31.7 Å². The molecule has 0 spiro atoms. The summed E-state index contributed by atoms with van der Waals surface area (Å²) in [6, 6.07) is 0. The average Bonchev–Trinajstić information content (AvgIpc) is 2.64. The molecule has 0 bridgehead atoms. The second-order valence-corrected chi connectivity index (χ2v) is 3.39. The number of hydrogen-bond acceptors (Lipinski definition) is 3. The molecule has 4 heteroatoms. The van der Waals surface area contributed by atoms with E-state index in [1.807, 2.05) is 0 Å².